The number of carbonyl (C=O) groups is 2. The van der Waals surface area contributed by atoms with Gasteiger partial charge >= 0.3 is 12.1 Å². The zero-order valence-electron chi connectivity index (χ0n) is 11.7. The molecule has 0 spiro atoms. The van der Waals surface area contributed by atoms with Crippen molar-refractivity contribution in [1.82, 2.24) is 15.3 Å². The fourth-order valence-corrected chi connectivity index (χ4v) is 1.33. The lowest BCUT2D eigenvalue weighted by Crippen LogP contribution is -2.35. The van der Waals surface area contributed by atoms with E-state index in [1.165, 1.54) is 0 Å². The number of hydrogen-bond acceptors (Lipinski definition) is 5. The fourth-order valence-electron chi connectivity index (χ4n) is 1.33. The van der Waals surface area contributed by atoms with Gasteiger partial charge in [0.05, 0.1) is 6.04 Å². The number of nitrogens with zero attached hydrogens (tertiary/aromatic N) is 1. The second-order valence-electron chi connectivity index (χ2n) is 5.18. The standard InChI is InChI=1S/C12H17N3O5/c1-6(14-11(19)20-12(2,3)4)8-13-5-7(10(17)18)9(16)15-8/h5-6H,1-4H3,(H,14,19)(H,17,18)(H,13,15,16). The van der Waals surface area contributed by atoms with Crippen LogP contribution in [0.25, 0.3) is 0 Å². The summed E-state index contributed by atoms with van der Waals surface area (Å²) in [5, 5.41) is 11.2. The van der Waals surface area contributed by atoms with Gasteiger partial charge in [-0.15, -0.1) is 0 Å². The molecule has 1 aromatic rings. The van der Waals surface area contributed by atoms with E-state index in [9.17, 15) is 14.4 Å². The molecule has 1 aromatic heterocycles. The van der Waals surface area contributed by atoms with Crippen LogP contribution in [0.5, 0.6) is 0 Å². The van der Waals surface area contributed by atoms with Gasteiger partial charge in [-0.1, -0.05) is 0 Å². The summed E-state index contributed by atoms with van der Waals surface area (Å²) >= 11 is 0. The summed E-state index contributed by atoms with van der Waals surface area (Å²) < 4.78 is 5.06. The maximum atomic E-state index is 11.6. The molecule has 3 N–H and O–H groups in total. The van der Waals surface area contributed by atoms with Gasteiger partial charge < -0.3 is 20.1 Å². The summed E-state index contributed by atoms with van der Waals surface area (Å²) in [5.74, 6) is -1.22. The zero-order valence-corrected chi connectivity index (χ0v) is 11.7. The van der Waals surface area contributed by atoms with E-state index < -0.39 is 34.8 Å². The van der Waals surface area contributed by atoms with Crippen molar-refractivity contribution in [3.8, 4) is 0 Å². The molecule has 0 saturated heterocycles. The Bertz CT molecular complexity index is 573. The van der Waals surface area contributed by atoms with Crippen LogP contribution in [0.15, 0.2) is 11.0 Å². The van der Waals surface area contributed by atoms with Crippen LogP contribution < -0.4 is 10.9 Å². The first-order valence-electron chi connectivity index (χ1n) is 5.92. The number of aromatic carboxylic acids is 1. The Morgan fingerprint density at radius 3 is 2.50 bits per heavy atom. The monoisotopic (exact) mass is 283 g/mol. The minimum absolute atomic E-state index is 0.144. The minimum atomic E-state index is -1.36. The van der Waals surface area contributed by atoms with Crippen LogP contribution in [0.2, 0.25) is 0 Å². The van der Waals surface area contributed by atoms with E-state index in [4.69, 9.17) is 9.84 Å². The smallest absolute Gasteiger partial charge is 0.408 e. The van der Waals surface area contributed by atoms with E-state index in [0.29, 0.717) is 0 Å². The van der Waals surface area contributed by atoms with E-state index in [1.54, 1.807) is 27.7 Å². The van der Waals surface area contributed by atoms with Gasteiger partial charge in [0.2, 0.25) is 0 Å². The molecule has 0 saturated carbocycles. The SMILES string of the molecule is CC(NC(=O)OC(C)(C)C)c1ncc(C(=O)O)c(=O)[nH]1. The maximum Gasteiger partial charge on any atom is 0.408 e. The highest BCUT2D eigenvalue weighted by molar-refractivity contribution is 5.86. The van der Waals surface area contributed by atoms with Gasteiger partial charge in [0, 0.05) is 6.20 Å². The predicted octanol–water partition coefficient (Wildman–Crippen LogP) is 1.05. The third-order valence-corrected chi connectivity index (χ3v) is 2.19. The lowest BCUT2D eigenvalue weighted by atomic mass is 10.2. The molecule has 0 aromatic carbocycles. The third kappa shape index (κ3) is 4.38. The molecule has 20 heavy (non-hydrogen) atoms. The number of alkyl carbamates (subject to hydrolysis) is 1. The highest BCUT2D eigenvalue weighted by Crippen LogP contribution is 2.10. The number of ether oxygens (including phenoxy) is 1. The van der Waals surface area contributed by atoms with Crippen molar-refractivity contribution in [3.63, 3.8) is 0 Å². The van der Waals surface area contributed by atoms with Crippen LogP contribution in [0, 0.1) is 0 Å². The number of carboxylic acid groups (broad SMARTS) is 1. The molecular formula is C12H17N3O5. The number of amides is 1. The van der Waals surface area contributed by atoms with Crippen LogP contribution in [0.3, 0.4) is 0 Å². The van der Waals surface area contributed by atoms with Crippen molar-refractivity contribution in [3.05, 3.63) is 27.9 Å². The van der Waals surface area contributed by atoms with Crippen LogP contribution in [0.4, 0.5) is 4.79 Å². The molecule has 0 fully saturated rings. The normalized spacial score (nSPS) is 12.6. The summed E-state index contributed by atoms with van der Waals surface area (Å²) in [6.45, 7) is 6.75. The summed E-state index contributed by atoms with van der Waals surface area (Å²) in [4.78, 5) is 39.8. The highest BCUT2D eigenvalue weighted by atomic mass is 16.6. The van der Waals surface area contributed by atoms with Gasteiger partial charge in [0.25, 0.3) is 5.56 Å². The van der Waals surface area contributed by atoms with E-state index in [-0.39, 0.29) is 5.82 Å². The molecule has 0 aliphatic rings. The first-order chi connectivity index (χ1) is 9.10. The Labute approximate surface area is 115 Å². The number of nitrogens with one attached hydrogen (secondary N) is 2. The van der Waals surface area contributed by atoms with Crippen LogP contribution >= 0.6 is 0 Å². The third-order valence-electron chi connectivity index (χ3n) is 2.19. The minimum Gasteiger partial charge on any atom is -0.477 e. The van der Waals surface area contributed by atoms with Crippen molar-refractivity contribution < 1.29 is 19.4 Å². The highest BCUT2D eigenvalue weighted by Gasteiger charge is 2.20. The molecule has 1 unspecified atom stereocenters. The molecule has 1 heterocycles. The van der Waals surface area contributed by atoms with Crippen LogP contribution in [-0.4, -0.2) is 32.7 Å². The summed E-state index contributed by atoms with van der Waals surface area (Å²) in [7, 11) is 0. The molecule has 1 rings (SSSR count). The fraction of sp³-hybridized carbons (Fsp3) is 0.500. The van der Waals surface area contributed by atoms with Crippen molar-refractivity contribution in [2.45, 2.75) is 39.3 Å². The molecule has 0 bridgehead atoms. The van der Waals surface area contributed by atoms with Crippen molar-refractivity contribution >= 4 is 12.1 Å². The van der Waals surface area contributed by atoms with Crippen LogP contribution in [-0.2, 0) is 4.74 Å². The Morgan fingerprint density at radius 2 is 2.05 bits per heavy atom. The quantitative estimate of drug-likeness (QED) is 0.762. The zero-order chi connectivity index (χ0) is 15.5. The summed E-state index contributed by atoms with van der Waals surface area (Å²) in [6, 6.07) is -0.625. The number of carbonyl (C=O) groups excluding carboxylic acids is 1. The van der Waals surface area contributed by atoms with E-state index in [2.05, 4.69) is 15.3 Å². The number of H-pyrrole nitrogens is 1. The van der Waals surface area contributed by atoms with Gasteiger partial charge in [-0.25, -0.2) is 14.6 Å². The topological polar surface area (TPSA) is 121 Å². The van der Waals surface area contributed by atoms with Gasteiger partial charge in [-0.2, -0.15) is 0 Å². The Hall–Kier alpha value is -2.38. The molecule has 110 valence electrons. The number of aromatic nitrogens is 2. The Kier molecular flexibility index (Phi) is 4.49. The second kappa shape index (κ2) is 5.72. The van der Waals surface area contributed by atoms with Gasteiger partial charge in [0.1, 0.15) is 17.0 Å². The number of aromatic amines is 1. The van der Waals surface area contributed by atoms with E-state index >= 15 is 0 Å². The molecular weight excluding hydrogens is 266 g/mol. The van der Waals surface area contributed by atoms with E-state index in [0.717, 1.165) is 6.20 Å². The van der Waals surface area contributed by atoms with Crippen molar-refractivity contribution in [1.29, 1.82) is 0 Å². The number of carboxylic acids is 1. The molecule has 8 nitrogen and oxygen atoms in total. The van der Waals surface area contributed by atoms with Gasteiger partial charge in [-0.05, 0) is 27.7 Å². The van der Waals surface area contributed by atoms with E-state index in [1.807, 2.05) is 0 Å². The Balaban J connectivity index is 2.81. The molecule has 1 atom stereocenters. The molecule has 0 radical (unpaired) electrons. The van der Waals surface area contributed by atoms with Crippen LogP contribution in [0.1, 0.15) is 49.9 Å². The lowest BCUT2D eigenvalue weighted by Gasteiger charge is -2.21. The Morgan fingerprint density at radius 1 is 1.45 bits per heavy atom. The molecule has 0 aliphatic carbocycles. The van der Waals surface area contributed by atoms with Gasteiger partial charge in [-0.3, -0.25) is 4.79 Å². The second-order valence-corrected chi connectivity index (χ2v) is 5.18. The molecule has 1 amide bonds. The average molecular weight is 283 g/mol. The van der Waals surface area contributed by atoms with Crippen molar-refractivity contribution in [2.24, 2.45) is 0 Å². The number of hydrogen-bond donors (Lipinski definition) is 3. The summed E-state index contributed by atoms with van der Waals surface area (Å²) in [6.07, 6.45) is 0.291. The molecule has 8 heteroatoms. The maximum absolute atomic E-state index is 11.6. The predicted molar refractivity (Wildman–Crippen MR) is 69.6 cm³/mol. The first kappa shape index (κ1) is 15.7. The molecule has 0 aliphatic heterocycles. The lowest BCUT2D eigenvalue weighted by molar-refractivity contribution is 0.0504. The average Bonchev–Trinajstić information content (AvgIpc) is 2.25. The van der Waals surface area contributed by atoms with Gasteiger partial charge in [0.15, 0.2) is 0 Å². The van der Waals surface area contributed by atoms with Crippen molar-refractivity contribution in [2.75, 3.05) is 0 Å². The summed E-state index contributed by atoms with van der Waals surface area (Å²) in [5.41, 5.74) is -1.88. The number of rotatable bonds is 3. The first-order valence-corrected chi connectivity index (χ1v) is 5.92. The largest absolute Gasteiger partial charge is 0.477 e.